The zero-order valence-corrected chi connectivity index (χ0v) is 21.9. The van der Waals surface area contributed by atoms with Crippen LogP contribution in [0.4, 0.5) is 14.0 Å². The molecule has 3 unspecified atom stereocenters. The zero-order valence-electron chi connectivity index (χ0n) is 21.2. The highest BCUT2D eigenvalue weighted by molar-refractivity contribution is 6.30. The summed E-state index contributed by atoms with van der Waals surface area (Å²) in [6, 6.07) is 4.25. The summed E-state index contributed by atoms with van der Waals surface area (Å²) in [5, 5.41) is 29.1. The van der Waals surface area contributed by atoms with Crippen molar-refractivity contribution in [1.82, 2.24) is 20.9 Å². The molecule has 1 fully saturated rings. The summed E-state index contributed by atoms with van der Waals surface area (Å²) in [7, 11) is 1.84. The number of rotatable bonds is 10. The number of hydrogen-bond acceptors (Lipinski definition) is 4. The first-order valence-corrected chi connectivity index (χ1v) is 12.6. The Morgan fingerprint density at radius 1 is 1.31 bits per heavy atom. The van der Waals surface area contributed by atoms with Crippen LogP contribution in [0.15, 0.2) is 18.2 Å². The quantitative estimate of drug-likeness (QED) is 0.301. The van der Waals surface area contributed by atoms with Crippen molar-refractivity contribution in [3.8, 4) is 0 Å². The molecule has 1 aromatic carbocycles. The monoisotopic (exact) mass is 514 g/mol. The number of nitrogens with one attached hydrogen (secondary N) is 3. The molecule has 0 aromatic heterocycles. The fourth-order valence-corrected chi connectivity index (χ4v) is 5.10. The van der Waals surface area contributed by atoms with E-state index in [0.29, 0.717) is 32.4 Å². The molecule has 8 nitrogen and oxygen atoms in total. The number of amides is 3. The third-order valence-corrected chi connectivity index (χ3v) is 6.74. The minimum atomic E-state index is -1.61. The Morgan fingerprint density at radius 3 is 2.66 bits per heavy atom. The maximum absolute atomic E-state index is 15.1. The van der Waals surface area contributed by atoms with E-state index in [1.54, 1.807) is 11.0 Å². The fourth-order valence-electron chi connectivity index (χ4n) is 4.93. The molecule has 0 bridgehead atoms. The molecule has 198 valence electrons. The number of carbonyl (C=O) groups excluding carboxylic acids is 1. The predicted octanol–water partition coefficient (Wildman–Crippen LogP) is 4.16. The first kappa shape index (κ1) is 29.1. The number of nitrogens with zero attached hydrogens (tertiary/aromatic N) is 1. The minimum Gasteiger partial charge on any atom is -0.465 e. The van der Waals surface area contributed by atoms with E-state index in [9.17, 15) is 14.7 Å². The molecule has 1 heterocycles. The summed E-state index contributed by atoms with van der Waals surface area (Å²) >= 11 is 6.02. The lowest BCUT2D eigenvalue weighted by atomic mass is 9.74. The van der Waals surface area contributed by atoms with Crippen LogP contribution in [0.25, 0.3) is 0 Å². The van der Waals surface area contributed by atoms with E-state index >= 15 is 4.39 Å². The van der Waals surface area contributed by atoms with Gasteiger partial charge >= 0.3 is 12.1 Å². The number of likely N-dealkylation sites (tertiary alicyclic amines) is 1. The van der Waals surface area contributed by atoms with Crippen LogP contribution >= 0.6 is 11.6 Å². The van der Waals surface area contributed by atoms with Gasteiger partial charge in [0.25, 0.3) is 0 Å². The number of piperidine rings is 1. The smallest absolute Gasteiger partial charge is 0.404 e. The molecule has 2 rings (SSSR count). The lowest BCUT2D eigenvalue weighted by molar-refractivity contribution is -0.0576. The van der Waals surface area contributed by atoms with Crippen LogP contribution in [0.2, 0.25) is 5.02 Å². The van der Waals surface area contributed by atoms with Gasteiger partial charge in [-0.3, -0.25) is 0 Å². The molecule has 5 N–H and O–H groups in total. The highest BCUT2D eigenvalue weighted by atomic mass is 35.5. The van der Waals surface area contributed by atoms with Crippen molar-refractivity contribution in [2.75, 3.05) is 33.2 Å². The summed E-state index contributed by atoms with van der Waals surface area (Å²) < 4.78 is 15.1. The van der Waals surface area contributed by atoms with Gasteiger partial charge in [-0.15, -0.1) is 0 Å². The molecular formula is C25H40ClFN4O4. The second-order valence-electron chi connectivity index (χ2n) is 10.6. The van der Waals surface area contributed by atoms with E-state index in [0.717, 1.165) is 6.42 Å². The minimum absolute atomic E-state index is 0.0353. The van der Waals surface area contributed by atoms with E-state index in [-0.39, 0.29) is 47.6 Å². The number of carbonyl (C=O) groups is 2. The Balaban J connectivity index is 2.23. The summed E-state index contributed by atoms with van der Waals surface area (Å²) in [4.78, 5) is 25.7. The second kappa shape index (κ2) is 12.7. The Labute approximate surface area is 212 Å². The number of aliphatic hydroxyl groups is 1. The molecule has 3 amide bonds. The van der Waals surface area contributed by atoms with Crippen molar-refractivity contribution in [2.45, 2.75) is 64.5 Å². The molecule has 0 aliphatic carbocycles. The Morgan fingerprint density at radius 2 is 2.03 bits per heavy atom. The average molecular weight is 515 g/mol. The average Bonchev–Trinajstić information content (AvgIpc) is 2.77. The van der Waals surface area contributed by atoms with Gasteiger partial charge < -0.3 is 31.1 Å². The van der Waals surface area contributed by atoms with Crippen LogP contribution in [0.1, 0.15) is 58.4 Å². The Kier molecular flexibility index (Phi) is 10.6. The van der Waals surface area contributed by atoms with E-state index < -0.39 is 23.4 Å². The third kappa shape index (κ3) is 8.51. The number of benzene rings is 1. The molecule has 0 radical (unpaired) electrons. The van der Waals surface area contributed by atoms with Crippen LogP contribution in [-0.4, -0.2) is 66.5 Å². The van der Waals surface area contributed by atoms with Gasteiger partial charge in [-0.1, -0.05) is 44.5 Å². The van der Waals surface area contributed by atoms with Gasteiger partial charge in [-0.2, -0.15) is 0 Å². The topological polar surface area (TPSA) is 114 Å². The molecular weight excluding hydrogens is 475 g/mol. The van der Waals surface area contributed by atoms with E-state index in [1.807, 2.05) is 7.05 Å². The molecule has 1 aliphatic heterocycles. The maximum atomic E-state index is 15.1. The molecule has 35 heavy (non-hydrogen) atoms. The van der Waals surface area contributed by atoms with Crippen molar-refractivity contribution < 1.29 is 24.2 Å². The Hall–Kier alpha value is -2.10. The first-order valence-electron chi connectivity index (χ1n) is 12.2. The number of carboxylic acid groups (broad SMARTS) is 1. The second-order valence-corrected chi connectivity index (χ2v) is 11.0. The van der Waals surface area contributed by atoms with Crippen molar-refractivity contribution in [3.63, 3.8) is 0 Å². The molecule has 0 spiro atoms. The van der Waals surface area contributed by atoms with Crippen molar-refractivity contribution in [3.05, 3.63) is 34.6 Å². The summed E-state index contributed by atoms with van der Waals surface area (Å²) in [5.74, 6) is -1.13. The van der Waals surface area contributed by atoms with Gasteiger partial charge in [0.2, 0.25) is 0 Å². The molecule has 1 aliphatic rings. The lowest BCUT2D eigenvalue weighted by Gasteiger charge is -2.43. The lowest BCUT2D eigenvalue weighted by Crippen LogP contribution is -2.54. The SMILES string of the molecule is CNCC(CC(C)(C)C)NC(=O)N1CCCC(C(O)(CCCNC(=O)O)c2cccc(Cl)c2F)C1. The number of urea groups is 1. The number of halogens is 2. The Bertz CT molecular complexity index is 866. The number of likely N-dealkylation sites (N-methyl/N-ethyl adjacent to an activating group) is 1. The molecule has 0 saturated carbocycles. The highest BCUT2D eigenvalue weighted by Crippen LogP contribution is 2.41. The number of hydrogen-bond donors (Lipinski definition) is 5. The van der Waals surface area contributed by atoms with E-state index in [2.05, 4.69) is 36.7 Å². The van der Waals surface area contributed by atoms with E-state index in [1.165, 1.54) is 12.1 Å². The summed E-state index contributed by atoms with van der Waals surface area (Å²) in [6.45, 7) is 7.91. The maximum Gasteiger partial charge on any atom is 0.404 e. The molecule has 3 atom stereocenters. The highest BCUT2D eigenvalue weighted by Gasteiger charge is 2.43. The van der Waals surface area contributed by atoms with Crippen molar-refractivity contribution >= 4 is 23.7 Å². The summed E-state index contributed by atoms with van der Waals surface area (Å²) in [6.07, 6.45) is 1.32. The summed E-state index contributed by atoms with van der Waals surface area (Å²) in [5.41, 5.74) is -1.49. The normalized spacial score (nSPS) is 19.1. The van der Waals surface area contributed by atoms with Gasteiger partial charge in [0.15, 0.2) is 0 Å². The fraction of sp³-hybridized carbons (Fsp3) is 0.680. The molecule has 1 saturated heterocycles. The van der Waals surface area contributed by atoms with Gasteiger partial charge in [-0.25, -0.2) is 14.0 Å². The van der Waals surface area contributed by atoms with Crippen LogP contribution in [-0.2, 0) is 5.60 Å². The standard InChI is InChI=1S/C25H40ClFN4O4/c1-24(2,3)14-18(15-28-4)30-22(32)31-13-6-8-17(16-31)25(35,11-7-12-29-23(33)34)19-9-5-10-20(26)21(19)27/h5,9-10,17-18,28-29,35H,6-8,11-16H2,1-4H3,(H,30,32)(H,33,34). The van der Waals surface area contributed by atoms with Crippen molar-refractivity contribution in [1.29, 1.82) is 0 Å². The molecule has 10 heteroatoms. The first-order chi connectivity index (χ1) is 16.4. The molecule has 1 aromatic rings. The van der Waals surface area contributed by atoms with Gasteiger partial charge in [0.1, 0.15) is 5.82 Å². The third-order valence-electron chi connectivity index (χ3n) is 6.45. The van der Waals surface area contributed by atoms with Gasteiger partial charge in [0, 0.05) is 43.7 Å². The van der Waals surface area contributed by atoms with Crippen LogP contribution in [0, 0.1) is 17.2 Å². The zero-order chi connectivity index (χ0) is 26.2. The largest absolute Gasteiger partial charge is 0.465 e. The van der Waals surface area contributed by atoms with E-state index in [4.69, 9.17) is 16.7 Å². The van der Waals surface area contributed by atoms with Crippen LogP contribution < -0.4 is 16.0 Å². The van der Waals surface area contributed by atoms with Gasteiger partial charge in [0.05, 0.1) is 10.6 Å². The van der Waals surface area contributed by atoms with Crippen LogP contribution in [0.3, 0.4) is 0 Å². The van der Waals surface area contributed by atoms with Gasteiger partial charge in [-0.05, 0) is 50.6 Å². The van der Waals surface area contributed by atoms with Crippen LogP contribution in [0.5, 0.6) is 0 Å². The predicted molar refractivity (Wildman–Crippen MR) is 135 cm³/mol. The van der Waals surface area contributed by atoms with Crippen molar-refractivity contribution in [2.24, 2.45) is 11.3 Å².